The summed E-state index contributed by atoms with van der Waals surface area (Å²) in [4.78, 5) is 29.2. The Bertz CT molecular complexity index is 453. The van der Waals surface area contributed by atoms with E-state index in [1.165, 1.54) is 0 Å². The number of carbonyl (C=O) groups is 2. The van der Waals surface area contributed by atoms with Crippen molar-refractivity contribution in [2.45, 2.75) is 78.6 Å². The van der Waals surface area contributed by atoms with Gasteiger partial charge in [-0.15, -0.1) is 0 Å². The molecule has 0 rings (SSSR count). The molecule has 0 bridgehead atoms. The molecule has 0 aromatic heterocycles. The molecule has 0 saturated carbocycles. The summed E-state index contributed by atoms with van der Waals surface area (Å²) in [6.45, 7) is 14.3. The van der Waals surface area contributed by atoms with E-state index in [1.807, 2.05) is 6.92 Å². The van der Waals surface area contributed by atoms with Gasteiger partial charge in [-0.3, -0.25) is 0 Å². The molecular formula is C18H35N3O5. The van der Waals surface area contributed by atoms with Crippen molar-refractivity contribution in [3.05, 3.63) is 0 Å². The van der Waals surface area contributed by atoms with Crippen LogP contribution in [0.2, 0.25) is 0 Å². The number of carbonyl (C=O) groups excluding carboxylic acids is 2. The summed E-state index contributed by atoms with van der Waals surface area (Å²) in [7, 11) is 0. The molecule has 152 valence electrons. The van der Waals surface area contributed by atoms with Crippen molar-refractivity contribution in [3.63, 3.8) is 0 Å². The maximum absolute atomic E-state index is 12.3. The van der Waals surface area contributed by atoms with Crippen LogP contribution in [0.5, 0.6) is 0 Å². The Morgan fingerprint density at radius 3 is 2.23 bits per heavy atom. The molecule has 1 atom stereocenters. The zero-order valence-electron chi connectivity index (χ0n) is 17.2. The third-order valence-corrected chi connectivity index (χ3v) is 2.74. The van der Waals surface area contributed by atoms with Gasteiger partial charge in [0.05, 0.1) is 6.21 Å². The van der Waals surface area contributed by atoms with E-state index in [0.717, 1.165) is 0 Å². The van der Waals surface area contributed by atoms with E-state index in [4.69, 9.17) is 14.3 Å². The van der Waals surface area contributed by atoms with Crippen LogP contribution in [0.25, 0.3) is 0 Å². The fraction of sp³-hybridized carbons (Fsp3) is 0.833. The van der Waals surface area contributed by atoms with Crippen LogP contribution in [0, 0.1) is 0 Å². The van der Waals surface area contributed by atoms with Gasteiger partial charge in [-0.2, -0.15) is 0 Å². The van der Waals surface area contributed by atoms with Crippen molar-refractivity contribution < 1.29 is 23.9 Å². The summed E-state index contributed by atoms with van der Waals surface area (Å²) < 4.78 is 10.6. The summed E-state index contributed by atoms with van der Waals surface area (Å²) in [5.74, 6) is -0.471. The third-order valence-electron chi connectivity index (χ3n) is 2.74. The zero-order valence-corrected chi connectivity index (χ0v) is 17.2. The highest BCUT2D eigenvalue weighted by Gasteiger charge is 2.28. The lowest BCUT2D eigenvalue weighted by Gasteiger charge is -2.26. The molecular weight excluding hydrogens is 338 g/mol. The molecule has 0 heterocycles. The molecule has 0 unspecified atom stereocenters. The van der Waals surface area contributed by atoms with Crippen LogP contribution < -0.4 is 10.6 Å². The number of esters is 1. The summed E-state index contributed by atoms with van der Waals surface area (Å²) in [6.07, 6.45) is 2.10. The Morgan fingerprint density at radius 1 is 1.08 bits per heavy atom. The molecule has 26 heavy (non-hydrogen) atoms. The smallest absolute Gasteiger partial charge is 0.408 e. The highest BCUT2D eigenvalue weighted by molar-refractivity contribution is 5.81. The van der Waals surface area contributed by atoms with Gasteiger partial charge in [0.1, 0.15) is 23.9 Å². The van der Waals surface area contributed by atoms with Gasteiger partial charge < -0.3 is 24.9 Å². The van der Waals surface area contributed by atoms with Crippen LogP contribution in [0.15, 0.2) is 5.16 Å². The summed E-state index contributed by atoms with van der Waals surface area (Å²) in [6, 6.07) is -0.761. The second kappa shape index (κ2) is 11.7. The summed E-state index contributed by atoms with van der Waals surface area (Å²) >= 11 is 0. The van der Waals surface area contributed by atoms with Crippen LogP contribution in [0.1, 0.15) is 61.3 Å². The van der Waals surface area contributed by atoms with Gasteiger partial charge in [-0.1, -0.05) is 5.16 Å². The van der Waals surface area contributed by atoms with E-state index < -0.39 is 29.3 Å². The molecule has 8 nitrogen and oxygen atoms in total. The molecule has 0 fully saturated rings. The van der Waals surface area contributed by atoms with Gasteiger partial charge in [0.15, 0.2) is 0 Å². The molecule has 0 aromatic carbocycles. The topological polar surface area (TPSA) is 98.3 Å². The minimum absolute atomic E-state index is 0.434. The predicted octanol–water partition coefficient (Wildman–Crippen LogP) is 2.61. The maximum Gasteiger partial charge on any atom is 0.408 e. The van der Waals surface area contributed by atoms with Gasteiger partial charge in [-0.25, -0.2) is 9.59 Å². The highest BCUT2D eigenvalue weighted by Crippen LogP contribution is 2.12. The van der Waals surface area contributed by atoms with E-state index >= 15 is 0 Å². The Labute approximate surface area is 157 Å². The molecule has 0 radical (unpaired) electrons. The van der Waals surface area contributed by atoms with Gasteiger partial charge in [0.25, 0.3) is 0 Å². The van der Waals surface area contributed by atoms with Crippen LogP contribution in [0.3, 0.4) is 0 Å². The Hall–Kier alpha value is -1.83. The van der Waals surface area contributed by atoms with Gasteiger partial charge in [0.2, 0.25) is 0 Å². The largest absolute Gasteiger partial charge is 0.458 e. The molecule has 0 spiro atoms. The number of nitrogens with one attached hydrogen (secondary N) is 2. The minimum Gasteiger partial charge on any atom is -0.458 e. The fourth-order valence-corrected chi connectivity index (χ4v) is 1.83. The van der Waals surface area contributed by atoms with Gasteiger partial charge in [-0.05, 0) is 67.9 Å². The fourth-order valence-electron chi connectivity index (χ4n) is 1.83. The molecule has 1 amide bonds. The van der Waals surface area contributed by atoms with E-state index in [-0.39, 0.29) is 0 Å². The molecule has 0 aliphatic carbocycles. The van der Waals surface area contributed by atoms with Gasteiger partial charge >= 0.3 is 12.1 Å². The number of alkyl carbamates (subject to hydrolysis) is 1. The number of hydrogen-bond donors (Lipinski definition) is 2. The molecule has 2 N–H and O–H groups in total. The van der Waals surface area contributed by atoms with Crippen LogP contribution >= 0.6 is 0 Å². The number of hydrogen-bond acceptors (Lipinski definition) is 7. The first-order valence-corrected chi connectivity index (χ1v) is 9.01. The normalized spacial score (nSPS) is 13.3. The quantitative estimate of drug-likeness (QED) is 0.264. The van der Waals surface area contributed by atoms with Crippen molar-refractivity contribution in [3.8, 4) is 0 Å². The number of nitrogens with zero attached hydrogens (tertiary/aromatic N) is 1. The van der Waals surface area contributed by atoms with Crippen molar-refractivity contribution in [2.24, 2.45) is 5.16 Å². The summed E-state index contributed by atoms with van der Waals surface area (Å²) in [5, 5.41) is 9.49. The minimum atomic E-state index is -0.761. The highest BCUT2D eigenvalue weighted by atomic mass is 16.6. The van der Waals surface area contributed by atoms with E-state index in [1.54, 1.807) is 47.8 Å². The Kier molecular flexibility index (Phi) is 10.9. The molecule has 0 aliphatic rings. The maximum atomic E-state index is 12.3. The first-order valence-electron chi connectivity index (χ1n) is 9.01. The van der Waals surface area contributed by atoms with Crippen LogP contribution in [-0.2, 0) is 19.1 Å². The number of amides is 1. The summed E-state index contributed by atoms with van der Waals surface area (Å²) in [5.41, 5.74) is -1.26. The van der Waals surface area contributed by atoms with Crippen molar-refractivity contribution >= 4 is 18.3 Å². The second-order valence-corrected chi connectivity index (χ2v) is 7.78. The first-order chi connectivity index (χ1) is 11.9. The van der Waals surface area contributed by atoms with E-state index in [0.29, 0.717) is 32.5 Å². The number of ether oxygens (including phenoxy) is 2. The van der Waals surface area contributed by atoms with E-state index in [2.05, 4.69) is 15.8 Å². The lowest BCUT2D eigenvalue weighted by atomic mass is 10.1. The Balaban J connectivity index is 4.50. The van der Waals surface area contributed by atoms with Crippen LogP contribution in [0.4, 0.5) is 4.79 Å². The average Bonchev–Trinajstić information content (AvgIpc) is 2.45. The third kappa shape index (κ3) is 14.5. The predicted molar refractivity (Wildman–Crippen MR) is 101 cm³/mol. The molecule has 0 aromatic rings. The lowest BCUT2D eigenvalue weighted by molar-refractivity contribution is -0.157. The second-order valence-electron chi connectivity index (χ2n) is 7.78. The van der Waals surface area contributed by atoms with Crippen LogP contribution in [-0.4, -0.2) is 55.2 Å². The molecule has 0 saturated heterocycles. The monoisotopic (exact) mass is 373 g/mol. The Morgan fingerprint density at radius 2 is 1.69 bits per heavy atom. The van der Waals surface area contributed by atoms with Gasteiger partial charge in [0, 0.05) is 6.54 Å². The van der Waals surface area contributed by atoms with Crippen molar-refractivity contribution in [1.82, 2.24) is 10.6 Å². The van der Waals surface area contributed by atoms with Crippen molar-refractivity contribution in [1.29, 1.82) is 0 Å². The molecule has 0 aliphatic heterocycles. The SMILES string of the molecule is CCON=CCNCCC[C@H](NC(=O)OC(C)(C)C)C(=O)OC(C)(C)C. The molecule has 8 heteroatoms. The average molecular weight is 373 g/mol. The first kappa shape index (κ1) is 24.2. The number of oxime groups is 1. The zero-order chi connectivity index (χ0) is 20.2. The standard InChI is InChI=1S/C18H35N3O5/c1-8-24-20-13-12-19-11-9-10-14(15(22)25-17(2,3)4)21-16(23)26-18(5,6)7/h13-14,19H,8-12H2,1-7H3,(H,21,23)/t14-/m0/s1. The lowest BCUT2D eigenvalue weighted by Crippen LogP contribution is -2.46. The number of rotatable bonds is 10. The van der Waals surface area contributed by atoms with E-state index in [9.17, 15) is 9.59 Å². The van der Waals surface area contributed by atoms with Crippen molar-refractivity contribution in [2.75, 3.05) is 19.7 Å².